The lowest BCUT2D eigenvalue weighted by molar-refractivity contribution is -0.131. The van der Waals surface area contributed by atoms with Gasteiger partial charge in [-0.25, -0.2) is 4.39 Å². The van der Waals surface area contributed by atoms with Crippen molar-refractivity contribution in [3.05, 3.63) is 29.6 Å². The van der Waals surface area contributed by atoms with Gasteiger partial charge < -0.3 is 5.32 Å². The number of rotatable bonds is 3. The van der Waals surface area contributed by atoms with Crippen molar-refractivity contribution in [3.63, 3.8) is 0 Å². The predicted molar refractivity (Wildman–Crippen MR) is 50.3 cm³/mol. The van der Waals surface area contributed by atoms with Crippen molar-refractivity contribution in [3.8, 4) is 0 Å². The summed E-state index contributed by atoms with van der Waals surface area (Å²) in [6.45, 7) is 1.46. The first-order valence-electron chi connectivity index (χ1n) is 4.45. The third kappa shape index (κ3) is 4.18. The van der Waals surface area contributed by atoms with Gasteiger partial charge in [0, 0.05) is 12.2 Å². The Kier molecular flexibility index (Phi) is 3.55. The first-order valence-corrected chi connectivity index (χ1v) is 4.45. The molecule has 0 aliphatic rings. The molecule has 0 spiro atoms. The molecule has 1 N–H and O–H groups in total. The minimum atomic E-state index is -4.19. The van der Waals surface area contributed by atoms with Crippen LogP contribution in [0.3, 0.4) is 0 Å². The van der Waals surface area contributed by atoms with E-state index in [1.165, 1.54) is 18.2 Å². The fourth-order valence-corrected chi connectivity index (χ4v) is 1.12. The van der Waals surface area contributed by atoms with Crippen molar-refractivity contribution in [2.24, 2.45) is 0 Å². The second kappa shape index (κ2) is 4.51. The molecule has 84 valence electrons. The zero-order chi connectivity index (χ0) is 11.5. The summed E-state index contributed by atoms with van der Waals surface area (Å²) >= 11 is 0. The van der Waals surface area contributed by atoms with Gasteiger partial charge >= 0.3 is 6.18 Å². The molecular formula is C10H11F4N. The van der Waals surface area contributed by atoms with Gasteiger partial charge in [-0.3, -0.25) is 0 Å². The zero-order valence-corrected chi connectivity index (χ0v) is 8.16. The van der Waals surface area contributed by atoms with Crippen LogP contribution in [0.4, 0.5) is 23.2 Å². The highest BCUT2D eigenvalue weighted by Crippen LogP contribution is 2.21. The minimum absolute atomic E-state index is 0.242. The monoisotopic (exact) mass is 221 g/mol. The normalized spacial score (nSPS) is 11.5. The number of alkyl halides is 3. The predicted octanol–water partition coefficient (Wildman–Crippen LogP) is 3.50. The lowest BCUT2D eigenvalue weighted by atomic mass is 10.2. The summed E-state index contributed by atoms with van der Waals surface area (Å²) < 4.78 is 48.2. The number of hydrogen-bond donors (Lipinski definition) is 1. The van der Waals surface area contributed by atoms with Gasteiger partial charge in [-0.2, -0.15) is 13.2 Å². The quantitative estimate of drug-likeness (QED) is 0.770. The summed E-state index contributed by atoms with van der Waals surface area (Å²) in [4.78, 5) is 0. The average molecular weight is 221 g/mol. The molecule has 5 heteroatoms. The Balaban J connectivity index is 2.54. The van der Waals surface area contributed by atoms with Gasteiger partial charge in [0.05, 0.1) is 6.42 Å². The molecule has 0 aliphatic heterocycles. The topological polar surface area (TPSA) is 12.0 Å². The van der Waals surface area contributed by atoms with E-state index in [0.29, 0.717) is 5.69 Å². The first-order chi connectivity index (χ1) is 6.88. The fourth-order valence-electron chi connectivity index (χ4n) is 1.12. The van der Waals surface area contributed by atoms with E-state index in [1.54, 1.807) is 6.92 Å². The molecule has 1 aromatic rings. The van der Waals surface area contributed by atoms with Gasteiger partial charge in [0.1, 0.15) is 5.82 Å². The minimum Gasteiger partial charge on any atom is -0.384 e. The molecule has 0 aromatic heterocycles. The average Bonchev–Trinajstić information content (AvgIpc) is 2.09. The van der Waals surface area contributed by atoms with E-state index in [1.807, 2.05) is 0 Å². The highest BCUT2D eigenvalue weighted by atomic mass is 19.4. The number of halogens is 4. The van der Waals surface area contributed by atoms with Crippen molar-refractivity contribution in [1.29, 1.82) is 0 Å². The van der Waals surface area contributed by atoms with Gasteiger partial charge in [0.25, 0.3) is 0 Å². The SMILES string of the molecule is Cc1ccc(F)cc1NCCC(F)(F)F. The van der Waals surface area contributed by atoms with Crippen LogP contribution in [0.15, 0.2) is 18.2 Å². The molecule has 0 saturated heterocycles. The van der Waals surface area contributed by atoms with E-state index >= 15 is 0 Å². The van der Waals surface area contributed by atoms with Crippen LogP contribution in [0.2, 0.25) is 0 Å². The summed E-state index contributed by atoms with van der Waals surface area (Å²) in [5.74, 6) is -0.463. The van der Waals surface area contributed by atoms with Crippen molar-refractivity contribution in [1.82, 2.24) is 0 Å². The van der Waals surface area contributed by atoms with Crippen molar-refractivity contribution in [2.45, 2.75) is 19.5 Å². The molecule has 1 nitrogen and oxygen atoms in total. The highest BCUT2D eigenvalue weighted by Gasteiger charge is 2.26. The van der Waals surface area contributed by atoms with E-state index in [4.69, 9.17) is 0 Å². The second-order valence-corrected chi connectivity index (χ2v) is 3.25. The molecular weight excluding hydrogens is 210 g/mol. The molecule has 1 aromatic carbocycles. The summed E-state index contributed by atoms with van der Waals surface area (Å²) in [6.07, 6.45) is -5.11. The maximum Gasteiger partial charge on any atom is 0.390 e. The van der Waals surface area contributed by atoms with Crippen LogP contribution in [0.1, 0.15) is 12.0 Å². The van der Waals surface area contributed by atoms with E-state index in [-0.39, 0.29) is 6.54 Å². The molecule has 0 radical (unpaired) electrons. The van der Waals surface area contributed by atoms with E-state index in [9.17, 15) is 17.6 Å². The number of nitrogens with one attached hydrogen (secondary N) is 1. The van der Waals surface area contributed by atoms with Crippen LogP contribution >= 0.6 is 0 Å². The molecule has 0 bridgehead atoms. The van der Waals surface area contributed by atoms with Crippen molar-refractivity contribution < 1.29 is 17.6 Å². The molecule has 0 aliphatic carbocycles. The largest absolute Gasteiger partial charge is 0.390 e. The third-order valence-electron chi connectivity index (χ3n) is 1.92. The highest BCUT2D eigenvalue weighted by molar-refractivity contribution is 5.50. The van der Waals surface area contributed by atoms with E-state index < -0.39 is 18.4 Å². The van der Waals surface area contributed by atoms with Gasteiger partial charge in [0.15, 0.2) is 0 Å². The molecule has 0 unspecified atom stereocenters. The first kappa shape index (κ1) is 11.8. The van der Waals surface area contributed by atoms with Gasteiger partial charge in [-0.1, -0.05) is 6.07 Å². The van der Waals surface area contributed by atoms with Gasteiger partial charge in [-0.15, -0.1) is 0 Å². The lowest BCUT2D eigenvalue weighted by Gasteiger charge is -2.10. The zero-order valence-electron chi connectivity index (χ0n) is 8.16. The van der Waals surface area contributed by atoms with Crippen LogP contribution in [-0.4, -0.2) is 12.7 Å². The smallest absolute Gasteiger partial charge is 0.384 e. The van der Waals surface area contributed by atoms with Crippen LogP contribution < -0.4 is 5.32 Å². The van der Waals surface area contributed by atoms with E-state index in [2.05, 4.69) is 5.32 Å². The standard InChI is InChI=1S/C10H11F4N/c1-7-2-3-8(11)6-9(7)15-5-4-10(12,13)14/h2-3,6,15H,4-5H2,1H3. The fraction of sp³-hybridized carbons (Fsp3) is 0.400. The van der Waals surface area contributed by atoms with Crippen molar-refractivity contribution >= 4 is 5.69 Å². The summed E-state index contributed by atoms with van der Waals surface area (Å²) in [5, 5.41) is 2.55. The molecule has 0 heterocycles. The van der Waals surface area contributed by atoms with Crippen LogP contribution in [-0.2, 0) is 0 Å². The number of hydrogen-bond acceptors (Lipinski definition) is 1. The lowest BCUT2D eigenvalue weighted by Crippen LogP contribution is -2.15. The summed E-state index contributed by atoms with van der Waals surface area (Å²) in [5.41, 5.74) is 1.12. The van der Waals surface area contributed by atoms with Gasteiger partial charge in [0.2, 0.25) is 0 Å². The van der Waals surface area contributed by atoms with Crippen LogP contribution in [0.25, 0.3) is 0 Å². The Hall–Kier alpha value is -1.26. The van der Waals surface area contributed by atoms with Gasteiger partial charge in [-0.05, 0) is 24.6 Å². The number of aryl methyl sites for hydroxylation is 1. The molecule has 0 fully saturated rings. The number of benzene rings is 1. The molecule has 1 rings (SSSR count). The maximum absolute atomic E-state index is 12.7. The Labute approximate surface area is 85.1 Å². The maximum atomic E-state index is 12.7. The van der Waals surface area contributed by atoms with Crippen LogP contribution in [0.5, 0.6) is 0 Å². The number of anilines is 1. The Bertz CT molecular complexity index is 333. The second-order valence-electron chi connectivity index (χ2n) is 3.25. The molecule has 15 heavy (non-hydrogen) atoms. The van der Waals surface area contributed by atoms with Crippen LogP contribution in [0, 0.1) is 12.7 Å². The summed E-state index contributed by atoms with van der Waals surface area (Å²) in [6, 6.07) is 3.97. The Morgan fingerprint density at radius 1 is 1.27 bits per heavy atom. The summed E-state index contributed by atoms with van der Waals surface area (Å²) in [7, 11) is 0. The molecule has 0 atom stereocenters. The van der Waals surface area contributed by atoms with E-state index in [0.717, 1.165) is 5.56 Å². The Morgan fingerprint density at radius 2 is 1.93 bits per heavy atom. The van der Waals surface area contributed by atoms with Crippen molar-refractivity contribution in [2.75, 3.05) is 11.9 Å². The molecule has 0 amide bonds. The third-order valence-corrected chi connectivity index (χ3v) is 1.92. The Morgan fingerprint density at radius 3 is 2.53 bits per heavy atom. The molecule has 0 saturated carbocycles.